The highest BCUT2D eigenvalue weighted by atomic mass is 16.2. The summed E-state index contributed by atoms with van der Waals surface area (Å²) in [4.78, 5) is 31.8. The van der Waals surface area contributed by atoms with Crippen LogP contribution in [0.1, 0.15) is 17.8 Å². The zero-order chi connectivity index (χ0) is 18.4. The Kier molecular flexibility index (Phi) is 3.70. The Balaban J connectivity index is 1.36. The van der Waals surface area contributed by atoms with E-state index in [2.05, 4.69) is 16.4 Å². The van der Waals surface area contributed by atoms with Crippen LogP contribution >= 0.6 is 0 Å². The summed E-state index contributed by atoms with van der Waals surface area (Å²) in [5.74, 6) is 0.903. The van der Waals surface area contributed by atoms with E-state index in [1.165, 1.54) is 5.56 Å². The van der Waals surface area contributed by atoms with Gasteiger partial charge in [-0.15, -0.1) is 0 Å². The molecule has 0 radical (unpaired) electrons. The number of carbonyl (C=O) groups excluding carboxylic acids is 1. The quantitative estimate of drug-likeness (QED) is 0.779. The number of hydrogen-bond donors (Lipinski definition) is 1. The fourth-order valence-electron chi connectivity index (χ4n) is 4.06. The molecule has 0 fully saturated rings. The van der Waals surface area contributed by atoms with Crippen LogP contribution in [0.15, 0.2) is 47.3 Å². The predicted octanol–water partition coefficient (Wildman–Crippen LogP) is 2.34. The Morgan fingerprint density at radius 1 is 1.11 bits per heavy atom. The molecular weight excluding hydrogens is 340 g/mol. The number of aryl methyl sites for hydroxylation is 1. The van der Waals surface area contributed by atoms with E-state index in [9.17, 15) is 9.59 Å². The Morgan fingerprint density at radius 2 is 2.00 bits per heavy atom. The van der Waals surface area contributed by atoms with Crippen LogP contribution in [0, 0.1) is 0 Å². The minimum absolute atomic E-state index is 0.0101. The number of amides is 1. The van der Waals surface area contributed by atoms with E-state index in [0.29, 0.717) is 5.39 Å². The van der Waals surface area contributed by atoms with Gasteiger partial charge in [-0.25, -0.2) is 4.98 Å². The van der Waals surface area contributed by atoms with Crippen molar-refractivity contribution in [3.63, 3.8) is 0 Å². The zero-order valence-corrected chi connectivity index (χ0v) is 14.9. The van der Waals surface area contributed by atoms with E-state index in [4.69, 9.17) is 0 Å². The number of aromatic nitrogens is 2. The number of hydrogen-bond acceptors (Lipinski definition) is 4. The van der Waals surface area contributed by atoms with E-state index in [0.717, 1.165) is 55.1 Å². The molecule has 6 heteroatoms. The molecule has 0 unspecified atom stereocenters. The number of fused-ring (bicyclic) bond motifs is 3. The van der Waals surface area contributed by atoms with Crippen molar-refractivity contribution in [2.24, 2.45) is 0 Å². The molecule has 0 saturated heterocycles. The van der Waals surface area contributed by atoms with Gasteiger partial charge in [0.2, 0.25) is 5.91 Å². The van der Waals surface area contributed by atoms with Crippen LogP contribution in [0.4, 0.5) is 11.4 Å². The van der Waals surface area contributed by atoms with Crippen molar-refractivity contribution < 1.29 is 4.79 Å². The number of rotatable bonds is 3. The van der Waals surface area contributed by atoms with Crippen molar-refractivity contribution in [2.45, 2.75) is 25.8 Å². The molecule has 1 aromatic heterocycles. The summed E-state index contributed by atoms with van der Waals surface area (Å²) in [6.07, 6.45) is 2.72. The van der Waals surface area contributed by atoms with Gasteiger partial charge in [0, 0.05) is 30.9 Å². The number of benzene rings is 2. The van der Waals surface area contributed by atoms with E-state index in [1.54, 1.807) is 4.57 Å². The second kappa shape index (κ2) is 6.23. The van der Waals surface area contributed by atoms with E-state index >= 15 is 0 Å². The van der Waals surface area contributed by atoms with Crippen molar-refractivity contribution in [1.82, 2.24) is 9.55 Å². The van der Waals surface area contributed by atoms with Crippen molar-refractivity contribution in [3.8, 4) is 0 Å². The van der Waals surface area contributed by atoms with Gasteiger partial charge in [-0.05, 0) is 42.7 Å². The Hall–Kier alpha value is -3.15. The highest BCUT2D eigenvalue weighted by Crippen LogP contribution is 2.27. The van der Waals surface area contributed by atoms with Gasteiger partial charge in [0.1, 0.15) is 5.82 Å². The van der Waals surface area contributed by atoms with Crippen molar-refractivity contribution in [2.75, 3.05) is 23.3 Å². The molecule has 2 aliphatic rings. The zero-order valence-electron chi connectivity index (χ0n) is 14.9. The largest absolute Gasteiger partial charge is 0.376 e. The molecule has 0 atom stereocenters. The Bertz CT molecular complexity index is 1120. The molecule has 3 aromatic rings. The first-order valence-electron chi connectivity index (χ1n) is 9.36. The molecule has 6 nitrogen and oxygen atoms in total. The summed E-state index contributed by atoms with van der Waals surface area (Å²) in [5.41, 5.74) is 3.71. The second-order valence-electron chi connectivity index (χ2n) is 7.10. The van der Waals surface area contributed by atoms with Crippen LogP contribution in [0.3, 0.4) is 0 Å². The normalized spacial score (nSPS) is 15.0. The van der Waals surface area contributed by atoms with Crippen molar-refractivity contribution in [1.29, 1.82) is 0 Å². The van der Waals surface area contributed by atoms with Crippen LogP contribution in [-0.4, -0.2) is 28.5 Å². The lowest BCUT2D eigenvalue weighted by molar-refractivity contribution is -0.116. The van der Waals surface area contributed by atoms with Crippen LogP contribution in [0.25, 0.3) is 10.9 Å². The molecule has 136 valence electrons. The minimum atomic E-state index is 0.0101. The molecule has 27 heavy (non-hydrogen) atoms. The van der Waals surface area contributed by atoms with Gasteiger partial charge in [0.15, 0.2) is 0 Å². The summed E-state index contributed by atoms with van der Waals surface area (Å²) in [6, 6.07) is 13.6. The number of carbonyl (C=O) groups is 1. The average molecular weight is 360 g/mol. The first kappa shape index (κ1) is 16.1. The van der Waals surface area contributed by atoms with Gasteiger partial charge < -0.3 is 10.2 Å². The van der Waals surface area contributed by atoms with Gasteiger partial charge >= 0.3 is 0 Å². The molecular formula is C21H20N4O2. The third-order valence-electron chi connectivity index (χ3n) is 5.45. The van der Waals surface area contributed by atoms with Gasteiger partial charge in [0.05, 0.1) is 17.4 Å². The lowest BCUT2D eigenvalue weighted by Crippen LogP contribution is -2.34. The summed E-state index contributed by atoms with van der Waals surface area (Å²) < 4.78 is 1.76. The van der Waals surface area contributed by atoms with Crippen LogP contribution in [0.2, 0.25) is 0 Å². The molecule has 1 N–H and O–H groups in total. The van der Waals surface area contributed by atoms with Gasteiger partial charge in [0.25, 0.3) is 5.56 Å². The second-order valence-corrected chi connectivity index (χ2v) is 7.10. The number of anilines is 2. The minimum Gasteiger partial charge on any atom is -0.376 e. The summed E-state index contributed by atoms with van der Waals surface area (Å²) >= 11 is 0. The lowest BCUT2D eigenvalue weighted by Gasteiger charge is -2.18. The monoisotopic (exact) mass is 360 g/mol. The topological polar surface area (TPSA) is 67.2 Å². The smallest absolute Gasteiger partial charge is 0.261 e. The maximum Gasteiger partial charge on any atom is 0.261 e. The fraction of sp³-hybridized carbons (Fsp3) is 0.286. The number of nitrogens with one attached hydrogen (secondary N) is 1. The fourth-order valence-corrected chi connectivity index (χ4v) is 4.06. The lowest BCUT2D eigenvalue weighted by atomic mass is 10.2. The highest BCUT2D eigenvalue weighted by molar-refractivity contribution is 5.98. The van der Waals surface area contributed by atoms with Crippen molar-refractivity contribution >= 4 is 28.2 Å². The molecule has 0 spiro atoms. The molecule has 5 rings (SSSR count). The van der Waals surface area contributed by atoms with Crippen LogP contribution < -0.4 is 15.8 Å². The summed E-state index contributed by atoms with van der Waals surface area (Å²) in [6.45, 7) is 1.65. The molecule has 1 amide bonds. The number of para-hydroxylation sites is 1. The van der Waals surface area contributed by atoms with E-state index in [1.807, 2.05) is 41.3 Å². The third-order valence-corrected chi connectivity index (χ3v) is 5.45. The molecule has 0 aliphatic carbocycles. The maximum atomic E-state index is 12.7. The van der Waals surface area contributed by atoms with Crippen molar-refractivity contribution in [3.05, 3.63) is 64.2 Å². The highest BCUT2D eigenvalue weighted by Gasteiger charge is 2.23. The predicted molar refractivity (Wildman–Crippen MR) is 105 cm³/mol. The third kappa shape index (κ3) is 2.68. The van der Waals surface area contributed by atoms with E-state index in [-0.39, 0.29) is 18.0 Å². The standard InChI is InChI=1S/C21H20N4O2/c26-20(24-11-9-14-4-1-2-5-18(14)24)13-22-15-7-8-17-16(12-15)21(27)25-10-3-6-19(25)23-17/h1-2,4-5,7-8,12,22H,3,6,9-11,13H2. The average Bonchev–Trinajstić information content (AvgIpc) is 3.33. The van der Waals surface area contributed by atoms with E-state index < -0.39 is 0 Å². The van der Waals surface area contributed by atoms with Gasteiger partial charge in [-0.3, -0.25) is 14.2 Å². The first-order chi connectivity index (χ1) is 13.2. The summed E-state index contributed by atoms with van der Waals surface area (Å²) in [7, 11) is 0. The van der Waals surface area contributed by atoms with Crippen LogP contribution in [0.5, 0.6) is 0 Å². The Labute approximate surface area is 156 Å². The van der Waals surface area contributed by atoms with Gasteiger partial charge in [-0.2, -0.15) is 0 Å². The summed E-state index contributed by atoms with van der Waals surface area (Å²) in [5, 5.41) is 3.77. The van der Waals surface area contributed by atoms with Crippen LogP contribution in [-0.2, 0) is 24.2 Å². The SMILES string of the molecule is O=C(CNc1ccc2nc3n(c(=O)c2c1)CCC3)N1CCc2ccccc21. The molecule has 3 heterocycles. The molecule has 0 bridgehead atoms. The maximum absolute atomic E-state index is 12.7. The molecule has 2 aliphatic heterocycles. The number of nitrogens with zero attached hydrogens (tertiary/aromatic N) is 3. The molecule has 2 aromatic carbocycles. The first-order valence-corrected chi connectivity index (χ1v) is 9.36. The molecule has 0 saturated carbocycles. The Morgan fingerprint density at radius 3 is 2.93 bits per heavy atom. The van der Waals surface area contributed by atoms with Gasteiger partial charge in [-0.1, -0.05) is 18.2 Å².